The molecule has 0 aliphatic carbocycles. The van der Waals surface area contributed by atoms with E-state index in [-0.39, 0.29) is 0 Å². The fraction of sp³-hybridized carbons (Fsp3) is 0.357. The predicted octanol–water partition coefficient (Wildman–Crippen LogP) is 2.77. The maximum Gasteiger partial charge on any atom is 0.106 e. The molecule has 0 saturated heterocycles. The van der Waals surface area contributed by atoms with Gasteiger partial charge in [0.25, 0.3) is 0 Å². The minimum absolute atomic E-state index is 0.487. The Balaban J connectivity index is 1.94. The molecule has 17 heavy (non-hydrogen) atoms. The van der Waals surface area contributed by atoms with Crippen molar-refractivity contribution in [1.29, 1.82) is 0 Å². The number of fused-ring (bicyclic) bond motifs is 1. The number of anilines is 1. The predicted molar refractivity (Wildman–Crippen MR) is 69.2 cm³/mol. The third-order valence-corrected chi connectivity index (χ3v) is 3.46. The molecule has 0 saturated carbocycles. The summed E-state index contributed by atoms with van der Waals surface area (Å²) >= 11 is 0. The van der Waals surface area contributed by atoms with Crippen LogP contribution in [-0.4, -0.2) is 16.1 Å². The Bertz CT molecular complexity index is 516. The van der Waals surface area contributed by atoms with E-state index in [1.807, 2.05) is 6.20 Å². The molecule has 1 aromatic carbocycles. The van der Waals surface area contributed by atoms with Crippen molar-refractivity contribution in [3.05, 3.63) is 48.0 Å². The molecule has 88 valence electrons. The molecule has 0 amide bonds. The number of para-hydroxylation sites is 1. The highest BCUT2D eigenvalue weighted by molar-refractivity contribution is 5.47. The average Bonchev–Trinajstić information content (AvgIpc) is 2.73. The van der Waals surface area contributed by atoms with Crippen LogP contribution in [0.2, 0.25) is 0 Å². The van der Waals surface area contributed by atoms with Crippen LogP contribution in [0, 0.1) is 6.92 Å². The van der Waals surface area contributed by atoms with Gasteiger partial charge in [-0.05, 0) is 26.0 Å². The van der Waals surface area contributed by atoms with Crippen molar-refractivity contribution in [3.8, 4) is 0 Å². The summed E-state index contributed by atoms with van der Waals surface area (Å²) in [5.74, 6) is 1.13. The van der Waals surface area contributed by atoms with Gasteiger partial charge in [0.15, 0.2) is 0 Å². The number of rotatable bonds is 1. The van der Waals surface area contributed by atoms with Crippen molar-refractivity contribution in [2.75, 3.05) is 11.4 Å². The molecule has 1 aromatic heterocycles. The lowest BCUT2D eigenvalue weighted by Crippen LogP contribution is -2.36. The second-order valence-electron chi connectivity index (χ2n) is 4.73. The van der Waals surface area contributed by atoms with Crippen molar-refractivity contribution in [2.45, 2.75) is 26.4 Å². The molecule has 3 nitrogen and oxygen atoms in total. The first kappa shape index (κ1) is 10.4. The lowest BCUT2D eigenvalue weighted by molar-refractivity contribution is 0.461. The molecule has 3 rings (SSSR count). The fourth-order valence-electron chi connectivity index (χ4n) is 2.72. The molecule has 2 aromatic rings. The molecule has 0 fully saturated rings. The number of aromatic nitrogens is 2. The summed E-state index contributed by atoms with van der Waals surface area (Å²) < 4.78 is 2.35. The standard InChI is InChI=1S/C14H17N3/c1-11-9-16(13-6-4-3-5-7-13)10-14-8-15-12(2)17(11)14/h3-8,11H,9-10H2,1-2H3. The van der Waals surface area contributed by atoms with E-state index in [0.717, 1.165) is 18.9 Å². The van der Waals surface area contributed by atoms with Crippen LogP contribution in [0.4, 0.5) is 5.69 Å². The van der Waals surface area contributed by atoms with Gasteiger partial charge in [-0.1, -0.05) is 18.2 Å². The van der Waals surface area contributed by atoms with E-state index in [2.05, 4.69) is 58.6 Å². The van der Waals surface area contributed by atoms with Gasteiger partial charge in [0.2, 0.25) is 0 Å². The molecule has 0 bridgehead atoms. The Morgan fingerprint density at radius 2 is 2.00 bits per heavy atom. The van der Waals surface area contributed by atoms with Crippen molar-refractivity contribution >= 4 is 5.69 Å². The van der Waals surface area contributed by atoms with Gasteiger partial charge in [-0.2, -0.15) is 0 Å². The summed E-state index contributed by atoms with van der Waals surface area (Å²) in [5.41, 5.74) is 2.61. The van der Waals surface area contributed by atoms with Crippen molar-refractivity contribution in [1.82, 2.24) is 9.55 Å². The third-order valence-electron chi connectivity index (χ3n) is 3.46. The third kappa shape index (κ3) is 1.71. The van der Waals surface area contributed by atoms with Gasteiger partial charge in [0.05, 0.1) is 18.4 Å². The monoisotopic (exact) mass is 227 g/mol. The molecule has 3 heteroatoms. The molecule has 0 radical (unpaired) electrons. The van der Waals surface area contributed by atoms with Crippen LogP contribution >= 0.6 is 0 Å². The van der Waals surface area contributed by atoms with Crippen LogP contribution in [-0.2, 0) is 6.54 Å². The molecule has 0 N–H and O–H groups in total. The highest BCUT2D eigenvalue weighted by Gasteiger charge is 2.23. The minimum atomic E-state index is 0.487. The zero-order valence-electron chi connectivity index (χ0n) is 10.3. The first-order valence-corrected chi connectivity index (χ1v) is 6.08. The largest absolute Gasteiger partial charge is 0.364 e. The molecule has 1 aliphatic heterocycles. The summed E-state index contributed by atoms with van der Waals surface area (Å²) in [6.45, 7) is 6.34. The van der Waals surface area contributed by atoms with Gasteiger partial charge in [-0.3, -0.25) is 0 Å². The Hall–Kier alpha value is -1.77. The first-order chi connectivity index (χ1) is 8.25. The molecule has 2 heterocycles. The number of hydrogen-bond acceptors (Lipinski definition) is 2. The quantitative estimate of drug-likeness (QED) is 0.747. The van der Waals surface area contributed by atoms with Gasteiger partial charge in [-0.15, -0.1) is 0 Å². The van der Waals surface area contributed by atoms with Crippen LogP contribution in [0.15, 0.2) is 36.5 Å². The Morgan fingerprint density at radius 1 is 1.24 bits per heavy atom. The van der Waals surface area contributed by atoms with Gasteiger partial charge in [0.1, 0.15) is 5.82 Å². The summed E-state index contributed by atoms with van der Waals surface area (Å²) in [4.78, 5) is 6.83. The van der Waals surface area contributed by atoms with E-state index in [1.54, 1.807) is 0 Å². The van der Waals surface area contributed by atoms with Gasteiger partial charge in [0, 0.05) is 18.3 Å². The maximum absolute atomic E-state index is 4.41. The normalized spacial score (nSPS) is 19.2. The average molecular weight is 227 g/mol. The van der Waals surface area contributed by atoms with E-state index >= 15 is 0 Å². The molecule has 1 unspecified atom stereocenters. The Morgan fingerprint density at radius 3 is 2.76 bits per heavy atom. The SMILES string of the molecule is Cc1ncc2n1C(C)CN(c1ccccc1)C2. The lowest BCUT2D eigenvalue weighted by atomic mass is 10.1. The second kappa shape index (κ2) is 3.91. The van der Waals surface area contributed by atoms with Crippen molar-refractivity contribution in [3.63, 3.8) is 0 Å². The molecule has 1 aliphatic rings. The van der Waals surface area contributed by atoms with Gasteiger partial charge in [-0.25, -0.2) is 4.98 Å². The zero-order valence-corrected chi connectivity index (χ0v) is 10.3. The van der Waals surface area contributed by atoms with E-state index in [4.69, 9.17) is 0 Å². The molecule has 1 atom stereocenters. The molecule has 0 spiro atoms. The first-order valence-electron chi connectivity index (χ1n) is 6.08. The highest BCUT2D eigenvalue weighted by atomic mass is 15.2. The number of imidazole rings is 1. The topological polar surface area (TPSA) is 21.1 Å². The van der Waals surface area contributed by atoms with Crippen LogP contribution in [0.5, 0.6) is 0 Å². The van der Waals surface area contributed by atoms with E-state index in [0.29, 0.717) is 6.04 Å². The van der Waals surface area contributed by atoms with E-state index < -0.39 is 0 Å². The summed E-state index contributed by atoms with van der Waals surface area (Å²) in [7, 11) is 0. The van der Waals surface area contributed by atoms with Crippen LogP contribution in [0.1, 0.15) is 24.5 Å². The van der Waals surface area contributed by atoms with E-state index in [1.165, 1.54) is 11.4 Å². The van der Waals surface area contributed by atoms with Crippen LogP contribution < -0.4 is 4.90 Å². The summed E-state index contributed by atoms with van der Waals surface area (Å²) in [5, 5.41) is 0. The molecular formula is C14H17N3. The summed E-state index contributed by atoms with van der Waals surface area (Å²) in [6.07, 6.45) is 2.00. The van der Waals surface area contributed by atoms with Crippen LogP contribution in [0.3, 0.4) is 0 Å². The fourth-order valence-corrected chi connectivity index (χ4v) is 2.72. The Kier molecular flexibility index (Phi) is 2.39. The summed E-state index contributed by atoms with van der Waals surface area (Å²) in [6, 6.07) is 11.1. The van der Waals surface area contributed by atoms with Crippen molar-refractivity contribution < 1.29 is 0 Å². The highest BCUT2D eigenvalue weighted by Crippen LogP contribution is 2.26. The second-order valence-corrected chi connectivity index (χ2v) is 4.73. The minimum Gasteiger partial charge on any atom is -0.364 e. The zero-order chi connectivity index (χ0) is 11.8. The number of hydrogen-bond donors (Lipinski definition) is 0. The molecular weight excluding hydrogens is 210 g/mol. The number of benzene rings is 1. The number of nitrogens with zero attached hydrogens (tertiary/aromatic N) is 3. The number of aryl methyl sites for hydroxylation is 1. The van der Waals surface area contributed by atoms with Gasteiger partial charge >= 0.3 is 0 Å². The lowest BCUT2D eigenvalue weighted by Gasteiger charge is -2.35. The maximum atomic E-state index is 4.41. The van der Waals surface area contributed by atoms with Crippen molar-refractivity contribution in [2.24, 2.45) is 0 Å². The van der Waals surface area contributed by atoms with Crippen LogP contribution in [0.25, 0.3) is 0 Å². The Labute approximate surface area is 102 Å². The van der Waals surface area contributed by atoms with E-state index in [9.17, 15) is 0 Å². The van der Waals surface area contributed by atoms with Gasteiger partial charge < -0.3 is 9.47 Å². The smallest absolute Gasteiger partial charge is 0.106 e.